The number of phenols is 2. The normalized spacial score (nSPS) is 13.5. The number of aromatic hydroxyl groups is 2. The summed E-state index contributed by atoms with van der Waals surface area (Å²) >= 11 is -3.65. The average molecular weight is 1420 g/mol. The van der Waals surface area contributed by atoms with Crippen molar-refractivity contribution in [3.63, 3.8) is 0 Å². The van der Waals surface area contributed by atoms with Crippen LogP contribution in [0.1, 0.15) is 237 Å². The minimum atomic E-state index is -3.65. The Morgan fingerprint density at radius 2 is 0.604 bits per heavy atom. The minimum absolute atomic E-state index is 0.0595. The SMILES string of the molecule is Cc1cc(F)cc(-c2cc(C(C)(C)CC(C)(C)C)cc(-c3c4cc(C(C)(C)C)ccc4cc4ccc(C(C)(C)C)cc34)c2O)c1O[CH2][Ge]([CH2]Oc1c(C)cc(F)cc1-c1cc(C(C)(C)CC(C)(C)C)cc(-c2c3cc(C(C)(C)C)ccc3cc3ccc(C(C)(C)C)cc23)c1O)([CH](C)C)[CH](C)C. The molecule has 10 rings (SSSR count). The number of fused-ring (bicyclic) bond motifs is 4. The number of phenolic OH excluding ortho intramolecular Hbond substituents is 2. The van der Waals surface area contributed by atoms with E-state index >= 15 is 8.78 Å². The zero-order valence-corrected chi connectivity index (χ0v) is 68.7. The van der Waals surface area contributed by atoms with Crippen molar-refractivity contribution in [2.45, 2.75) is 249 Å². The predicted molar refractivity (Wildman–Crippen MR) is 433 cm³/mol. The Hall–Kier alpha value is -7.16. The third kappa shape index (κ3) is 15.7. The number of benzene rings is 10. The van der Waals surface area contributed by atoms with Crippen molar-refractivity contribution < 1.29 is 28.5 Å². The summed E-state index contributed by atoms with van der Waals surface area (Å²) < 4.78 is 48.9. The van der Waals surface area contributed by atoms with Gasteiger partial charge < -0.3 is 0 Å². The van der Waals surface area contributed by atoms with E-state index in [4.69, 9.17) is 9.47 Å². The van der Waals surface area contributed by atoms with E-state index in [1.807, 2.05) is 13.8 Å². The summed E-state index contributed by atoms with van der Waals surface area (Å²) in [5.74, 6) is 0.291. The fourth-order valence-electron chi connectivity index (χ4n) is 16.4. The van der Waals surface area contributed by atoms with Crippen molar-refractivity contribution >= 4 is 56.4 Å². The van der Waals surface area contributed by atoms with Crippen LogP contribution in [0.2, 0.25) is 9.50 Å². The summed E-state index contributed by atoms with van der Waals surface area (Å²) in [4.78, 5) is 0. The summed E-state index contributed by atoms with van der Waals surface area (Å²) in [7, 11) is 0. The molecule has 0 saturated carbocycles. The van der Waals surface area contributed by atoms with E-state index in [2.05, 4.69) is 289 Å². The summed E-state index contributed by atoms with van der Waals surface area (Å²) in [5.41, 5.74) is 12.3. The zero-order chi connectivity index (χ0) is 74.8. The quantitative estimate of drug-likeness (QED) is 0.0748. The Kier molecular flexibility index (Phi) is 20.3. The fourth-order valence-corrected chi connectivity index (χ4v) is 23.9. The summed E-state index contributed by atoms with van der Waals surface area (Å²) in [6, 6.07) is 46.4. The van der Waals surface area contributed by atoms with Crippen molar-refractivity contribution in [1.82, 2.24) is 0 Å². The maximum atomic E-state index is 16.8. The van der Waals surface area contributed by atoms with Crippen molar-refractivity contribution in [3.8, 4) is 67.5 Å². The van der Waals surface area contributed by atoms with Gasteiger partial charge in [0.25, 0.3) is 0 Å². The molecule has 4 nitrogen and oxygen atoms in total. The Morgan fingerprint density at radius 1 is 0.337 bits per heavy atom. The standard InChI is InChI=1S/C94H118F2GeO4/c1-55(2)97(56(3)4,53-100-85-57(5)37-69(95)49-77(85)75-45-67(93(25,26)51-87(7,8)9)47-79(83(75)98)81-71-41-63(89(13,14)15)33-29-59(71)39-60-30-34-64(42-72(60)81)90(16,17)18)54-101-86-58(6)38-70(96)50-78(86)76-46-68(94(27,28)52-88(10,11)12)48-80(84(76)99)82-73-43-65(91(19,20)21)35-31-61(73)40-62-32-36-66(44-74(62)82)92(22,23)24/h29-50,55-56,98-99H,51-54H2,1-28H3. The molecule has 0 bridgehead atoms. The molecule has 0 saturated heterocycles. The van der Waals surface area contributed by atoms with Gasteiger partial charge >= 0.3 is 529 Å². The van der Waals surface area contributed by atoms with Gasteiger partial charge in [-0.25, -0.2) is 0 Å². The number of rotatable bonds is 16. The van der Waals surface area contributed by atoms with Crippen molar-refractivity contribution in [3.05, 3.63) is 190 Å². The number of hydrogen-bond donors (Lipinski definition) is 2. The summed E-state index contributed by atoms with van der Waals surface area (Å²) in [5, 5.41) is 35.7. The number of halogens is 2. The first-order valence-electron chi connectivity index (χ1n) is 37.0. The Labute approximate surface area is 608 Å². The van der Waals surface area contributed by atoms with E-state index in [0.717, 1.165) is 78.2 Å². The molecule has 0 heterocycles. The molecule has 0 aliphatic carbocycles. The van der Waals surface area contributed by atoms with Crippen LogP contribution in [0.4, 0.5) is 8.78 Å². The van der Waals surface area contributed by atoms with E-state index in [-0.39, 0.29) is 53.5 Å². The molecule has 10 aromatic carbocycles. The van der Waals surface area contributed by atoms with Gasteiger partial charge in [-0.15, -0.1) is 0 Å². The first-order chi connectivity index (χ1) is 46.4. The molecule has 101 heavy (non-hydrogen) atoms. The summed E-state index contributed by atoms with van der Waals surface area (Å²) in [6.07, 6.45) is 1.67. The molecule has 0 aliphatic heterocycles. The van der Waals surface area contributed by atoms with E-state index < -0.39 is 35.7 Å². The zero-order valence-electron chi connectivity index (χ0n) is 66.7. The van der Waals surface area contributed by atoms with Crippen molar-refractivity contribution in [1.29, 1.82) is 0 Å². The van der Waals surface area contributed by atoms with E-state index in [1.54, 1.807) is 24.3 Å². The molecule has 0 radical (unpaired) electrons. The Balaban J connectivity index is 1.16. The molecule has 10 aromatic rings. The van der Waals surface area contributed by atoms with Crippen LogP contribution >= 0.6 is 0 Å². The van der Waals surface area contributed by atoms with Crippen LogP contribution in [-0.2, 0) is 32.5 Å². The Morgan fingerprint density at radius 3 is 0.851 bits per heavy atom. The average Bonchev–Trinajstić information content (AvgIpc) is 0.735. The molecule has 0 spiro atoms. The number of hydrogen-bond acceptors (Lipinski definition) is 4. The van der Waals surface area contributed by atoms with Crippen LogP contribution in [0.25, 0.3) is 87.6 Å². The van der Waals surface area contributed by atoms with E-state index in [0.29, 0.717) is 66.9 Å². The molecule has 0 aliphatic rings. The van der Waals surface area contributed by atoms with Gasteiger partial charge in [0, 0.05) is 0 Å². The maximum absolute atomic E-state index is 16.8. The van der Waals surface area contributed by atoms with Crippen LogP contribution in [-0.4, -0.2) is 34.4 Å². The molecule has 0 aromatic heterocycles. The summed E-state index contributed by atoms with van der Waals surface area (Å²) in [6.45, 7) is 62.6. The van der Waals surface area contributed by atoms with Gasteiger partial charge in [-0.05, 0) is 0 Å². The fraction of sp³-hybridized carbons (Fsp3) is 0.447. The molecule has 0 amide bonds. The monoisotopic (exact) mass is 1420 g/mol. The van der Waals surface area contributed by atoms with Crippen LogP contribution in [0, 0.1) is 36.3 Å². The second kappa shape index (κ2) is 26.8. The van der Waals surface area contributed by atoms with Gasteiger partial charge in [0.15, 0.2) is 0 Å². The molecular formula is C94H118F2GeO4. The van der Waals surface area contributed by atoms with Gasteiger partial charge in [-0.1, -0.05) is 83.1 Å². The third-order valence-corrected chi connectivity index (χ3v) is 34.5. The van der Waals surface area contributed by atoms with Crippen LogP contribution in [0.15, 0.2) is 133 Å². The molecule has 0 unspecified atom stereocenters. The van der Waals surface area contributed by atoms with E-state index in [1.165, 1.54) is 22.3 Å². The molecule has 2 N–H and O–H groups in total. The van der Waals surface area contributed by atoms with Gasteiger partial charge in [0.2, 0.25) is 0 Å². The Bertz CT molecular complexity index is 4390. The van der Waals surface area contributed by atoms with Crippen molar-refractivity contribution in [2.75, 3.05) is 10.9 Å². The first-order valence-corrected chi connectivity index (χ1v) is 42.4. The van der Waals surface area contributed by atoms with Gasteiger partial charge in [0.05, 0.1) is 0 Å². The molecular weight excluding hydrogens is 1300 g/mol. The second-order valence-electron chi connectivity index (χ2n) is 38.6. The molecule has 0 fully saturated rings. The molecule has 0 atom stereocenters. The van der Waals surface area contributed by atoms with Crippen LogP contribution in [0.3, 0.4) is 0 Å². The predicted octanol–water partition coefficient (Wildman–Crippen LogP) is 27.7. The number of ether oxygens (including phenoxy) is 2. The number of aryl methyl sites for hydroxylation is 2. The molecule has 7 heteroatoms. The third-order valence-electron chi connectivity index (χ3n) is 22.0. The first kappa shape index (κ1) is 76.5. The molecule has 536 valence electrons. The second-order valence-corrected chi connectivity index (χ2v) is 49.9. The topological polar surface area (TPSA) is 58.9 Å². The van der Waals surface area contributed by atoms with Crippen LogP contribution in [0.5, 0.6) is 23.0 Å². The van der Waals surface area contributed by atoms with Crippen LogP contribution < -0.4 is 9.47 Å². The van der Waals surface area contributed by atoms with Gasteiger partial charge in [-0.2, -0.15) is 0 Å². The van der Waals surface area contributed by atoms with Crippen molar-refractivity contribution in [2.24, 2.45) is 10.8 Å². The van der Waals surface area contributed by atoms with Gasteiger partial charge in [0.1, 0.15) is 0 Å². The van der Waals surface area contributed by atoms with E-state index in [9.17, 15) is 10.2 Å². The van der Waals surface area contributed by atoms with Gasteiger partial charge in [-0.3, -0.25) is 0 Å².